The van der Waals surface area contributed by atoms with Crippen LogP contribution in [0.2, 0.25) is 0 Å². The zero-order valence-corrected chi connectivity index (χ0v) is 14.3. The molecule has 3 heterocycles. The molecule has 1 spiro atoms. The van der Waals surface area contributed by atoms with Gasteiger partial charge in [0.2, 0.25) is 5.91 Å². The van der Waals surface area contributed by atoms with E-state index in [1.807, 2.05) is 0 Å². The van der Waals surface area contributed by atoms with Gasteiger partial charge < -0.3 is 15.0 Å². The summed E-state index contributed by atoms with van der Waals surface area (Å²) in [6, 6.07) is 0. The molecular formula is C16H20F2N4O3. The van der Waals surface area contributed by atoms with Crippen molar-refractivity contribution in [3.05, 3.63) is 17.6 Å². The van der Waals surface area contributed by atoms with Gasteiger partial charge in [-0.05, 0) is 33.6 Å². The van der Waals surface area contributed by atoms with Gasteiger partial charge in [0.1, 0.15) is 11.3 Å². The molecule has 0 aromatic carbocycles. The van der Waals surface area contributed by atoms with E-state index < -0.39 is 29.2 Å². The number of hydrogen-bond donors (Lipinski definition) is 1. The lowest BCUT2D eigenvalue weighted by Gasteiger charge is -2.37. The van der Waals surface area contributed by atoms with Crippen molar-refractivity contribution in [2.45, 2.75) is 51.1 Å². The number of rotatable bonds is 1. The molecule has 3 rings (SSSR count). The van der Waals surface area contributed by atoms with Gasteiger partial charge in [-0.3, -0.25) is 4.79 Å². The minimum atomic E-state index is -2.76. The van der Waals surface area contributed by atoms with Gasteiger partial charge in [-0.15, -0.1) is 0 Å². The lowest BCUT2D eigenvalue weighted by atomic mass is 9.76. The maximum atomic E-state index is 12.9. The van der Waals surface area contributed by atoms with E-state index in [1.54, 1.807) is 20.8 Å². The molecular weight excluding hydrogens is 334 g/mol. The Hall–Kier alpha value is -2.32. The van der Waals surface area contributed by atoms with Crippen molar-refractivity contribution in [3.63, 3.8) is 0 Å². The number of nitrogens with one attached hydrogen (secondary N) is 1. The second kappa shape index (κ2) is 5.89. The summed E-state index contributed by atoms with van der Waals surface area (Å²) in [5.74, 6) is -0.0853. The molecule has 9 heteroatoms. The van der Waals surface area contributed by atoms with Crippen molar-refractivity contribution in [2.75, 3.05) is 18.4 Å². The molecule has 2 amide bonds. The molecule has 25 heavy (non-hydrogen) atoms. The third-order valence-corrected chi connectivity index (χ3v) is 4.40. The van der Waals surface area contributed by atoms with Crippen LogP contribution >= 0.6 is 0 Å². The van der Waals surface area contributed by atoms with Gasteiger partial charge in [-0.25, -0.2) is 23.5 Å². The van der Waals surface area contributed by atoms with Crippen LogP contribution in [0, 0.1) is 0 Å². The number of piperidine rings is 1. The molecule has 2 aliphatic heterocycles. The van der Waals surface area contributed by atoms with Crippen molar-refractivity contribution in [2.24, 2.45) is 0 Å². The fourth-order valence-electron chi connectivity index (χ4n) is 3.13. The SMILES string of the molecule is CC(C)(C)OC(=O)N1CCC2(CC1)C(=O)Nc1ncc(C(F)F)nc12. The van der Waals surface area contributed by atoms with Crippen LogP contribution in [0.1, 0.15) is 51.4 Å². The lowest BCUT2D eigenvalue weighted by Crippen LogP contribution is -2.49. The van der Waals surface area contributed by atoms with Crippen LogP contribution in [0.25, 0.3) is 0 Å². The molecule has 7 nitrogen and oxygen atoms in total. The monoisotopic (exact) mass is 354 g/mol. The van der Waals surface area contributed by atoms with Gasteiger partial charge in [0.05, 0.1) is 17.3 Å². The predicted octanol–water partition coefficient (Wildman–Crippen LogP) is 2.64. The molecule has 1 N–H and O–H groups in total. The zero-order chi connectivity index (χ0) is 18.4. The maximum Gasteiger partial charge on any atom is 0.410 e. The van der Waals surface area contributed by atoms with E-state index in [9.17, 15) is 18.4 Å². The van der Waals surface area contributed by atoms with E-state index >= 15 is 0 Å². The van der Waals surface area contributed by atoms with Crippen molar-refractivity contribution >= 4 is 17.8 Å². The van der Waals surface area contributed by atoms with Gasteiger partial charge in [0, 0.05) is 13.1 Å². The number of carbonyl (C=O) groups excluding carboxylic acids is 2. The largest absolute Gasteiger partial charge is 0.444 e. The van der Waals surface area contributed by atoms with Crippen LogP contribution in [0.4, 0.5) is 19.4 Å². The van der Waals surface area contributed by atoms with Crippen LogP contribution in [-0.2, 0) is 14.9 Å². The van der Waals surface area contributed by atoms with Crippen LogP contribution in [0.5, 0.6) is 0 Å². The summed E-state index contributed by atoms with van der Waals surface area (Å²) >= 11 is 0. The van der Waals surface area contributed by atoms with Crippen LogP contribution in [0.15, 0.2) is 6.20 Å². The minimum absolute atomic E-state index is 0.222. The van der Waals surface area contributed by atoms with E-state index in [4.69, 9.17) is 4.74 Å². The van der Waals surface area contributed by atoms with Gasteiger partial charge in [-0.1, -0.05) is 0 Å². The number of halogens is 2. The summed E-state index contributed by atoms with van der Waals surface area (Å²) in [4.78, 5) is 34.0. The summed E-state index contributed by atoms with van der Waals surface area (Å²) in [7, 11) is 0. The Morgan fingerprint density at radius 2 is 2.00 bits per heavy atom. The Morgan fingerprint density at radius 3 is 2.56 bits per heavy atom. The summed E-state index contributed by atoms with van der Waals surface area (Å²) in [6.07, 6.45) is -1.67. The fraction of sp³-hybridized carbons (Fsp3) is 0.625. The Labute approximate surface area is 143 Å². The summed E-state index contributed by atoms with van der Waals surface area (Å²) < 4.78 is 31.2. The molecule has 1 aromatic heterocycles. The third kappa shape index (κ3) is 3.14. The molecule has 0 radical (unpaired) electrons. The predicted molar refractivity (Wildman–Crippen MR) is 84.3 cm³/mol. The van der Waals surface area contributed by atoms with Crippen molar-refractivity contribution in [1.82, 2.24) is 14.9 Å². The molecule has 0 atom stereocenters. The number of ether oxygens (including phenoxy) is 1. The summed E-state index contributed by atoms with van der Waals surface area (Å²) in [6.45, 7) is 5.89. The molecule has 1 fully saturated rings. The number of nitrogens with zero attached hydrogens (tertiary/aromatic N) is 3. The number of hydrogen-bond acceptors (Lipinski definition) is 5. The van der Waals surface area contributed by atoms with E-state index in [0.29, 0.717) is 0 Å². The molecule has 1 aromatic rings. The first-order valence-corrected chi connectivity index (χ1v) is 8.07. The Morgan fingerprint density at radius 1 is 1.36 bits per heavy atom. The fourth-order valence-corrected chi connectivity index (χ4v) is 3.13. The Bertz CT molecular complexity index is 710. The number of carbonyl (C=O) groups is 2. The molecule has 0 aliphatic carbocycles. The molecule has 136 valence electrons. The first kappa shape index (κ1) is 17.5. The average Bonchev–Trinajstić information content (AvgIpc) is 2.78. The highest BCUT2D eigenvalue weighted by atomic mass is 19.3. The molecule has 2 aliphatic rings. The average molecular weight is 354 g/mol. The summed E-state index contributed by atoms with van der Waals surface area (Å²) in [5.41, 5.74) is -1.84. The Kier molecular flexibility index (Phi) is 4.12. The number of anilines is 1. The van der Waals surface area contributed by atoms with Crippen LogP contribution in [0.3, 0.4) is 0 Å². The number of fused-ring (bicyclic) bond motifs is 2. The first-order valence-electron chi connectivity index (χ1n) is 8.07. The highest BCUT2D eigenvalue weighted by Gasteiger charge is 2.51. The standard InChI is InChI=1S/C16H20F2N4O3/c1-15(2,3)25-14(24)22-6-4-16(5-7-22)10-12(21-13(16)23)19-8-9(20-10)11(17)18/h8,11H,4-7H2,1-3H3,(H,19,21,23). The molecule has 0 saturated carbocycles. The highest BCUT2D eigenvalue weighted by Crippen LogP contribution is 2.43. The molecule has 0 unspecified atom stereocenters. The second-order valence-corrected chi connectivity index (χ2v) is 7.30. The van der Waals surface area contributed by atoms with Crippen LogP contribution < -0.4 is 5.32 Å². The molecule has 1 saturated heterocycles. The normalized spacial score (nSPS) is 19.1. The number of aromatic nitrogens is 2. The van der Waals surface area contributed by atoms with Crippen molar-refractivity contribution in [1.29, 1.82) is 0 Å². The Balaban J connectivity index is 1.81. The van der Waals surface area contributed by atoms with Gasteiger partial charge in [0.15, 0.2) is 5.82 Å². The van der Waals surface area contributed by atoms with Gasteiger partial charge in [0.25, 0.3) is 6.43 Å². The maximum absolute atomic E-state index is 12.9. The topological polar surface area (TPSA) is 84.4 Å². The number of likely N-dealkylation sites (tertiary alicyclic amines) is 1. The first-order chi connectivity index (χ1) is 11.6. The second-order valence-electron chi connectivity index (χ2n) is 7.30. The number of amides is 2. The van der Waals surface area contributed by atoms with Crippen LogP contribution in [-0.4, -0.2) is 45.6 Å². The van der Waals surface area contributed by atoms with Gasteiger partial charge >= 0.3 is 6.09 Å². The smallest absolute Gasteiger partial charge is 0.410 e. The zero-order valence-electron chi connectivity index (χ0n) is 14.3. The van der Waals surface area contributed by atoms with E-state index in [0.717, 1.165) is 6.20 Å². The van der Waals surface area contributed by atoms with E-state index in [-0.39, 0.29) is 43.4 Å². The minimum Gasteiger partial charge on any atom is -0.444 e. The third-order valence-electron chi connectivity index (χ3n) is 4.40. The van der Waals surface area contributed by atoms with Crippen molar-refractivity contribution in [3.8, 4) is 0 Å². The highest BCUT2D eigenvalue weighted by molar-refractivity contribution is 6.04. The van der Waals surface area contributed by atoms with Gasteiger partial charge in [-0.2, -0.15) is 0 Å². The van der Waals surface area contributed by atoms with E-state index in [1.165, 1.54) is 4.90 Å². The quantitative estimate of drug-likeness (QED) is 0.838. The van der Waals surface area contributed by atoms with Crippen molar-refractivity contribution < 1.29 is 23.1 Å². The lowest BCUT2D eigenvalue weighted by molar-refractivity contribution is -0.122. The summed E-state index contributed by atoms with van der Waals surface area (Å²) in [5, 5.41) is 2.61. The van der Waals surface area contributed by atoms with E-state index in [2.05, 4.69) is 15.3 Å². The molecule has 0 bridgehead atoms. The number of alkyl halides is 2.